The number of para-hydroxylation sites is 1. The monoisotopic (exact) mass is 201 g/mol. The Bertz CT molecular complexity index is 508. The van der Waals surface area contributed by atoms with Crippen molar-refractivity contribution in [1.82, 2.24) is 4.98 Å². The lowest BCUT2D eigenvalue weighted by atomic mass is 10.2. The lowest BCUT2D eigenvalue weighted by molar-refractivity contribution is 1.36. The van der Waals surface area contributed by atoms with Crippen LogP contribution >= 0.6 is 11.6 Å². The van der Waals surface area contributed by atoms with Crippen LogP contribution in [0.4, 0.5) is 0 Å². The molecule has 1 heterocycles. The largest absolute Gasteiger partial charge is 0.239 e. The van der Waals surface area contributed by atoms with Gasteiger partial charge >= 0.3 is 0 Å². The molecule has 0 aliphatic rings. The summed E-state index contributed by atoms with van der Waals surface area (Å²) in [6.45, 7) is 0. The number of alkyl halides is 1. The maximum absolute atomic E-state index is 5.47. The highest BCUT2D eigenvalue weighted by atomic mass is 35.5. The molecule has 2 rings (SSSR count). The molecule has 0 unspecified atom stereocenters. The summed E-state index contributed by atoms with van der Waals surface area (Å²) in [4.78, 5) is 4.38. The summed E-state index contributed by atoms with van der Waals surface area (Å²) in [5.74, 6) is 6.02. The Kier molecular flexibility index (Phi) is 2.67. The first-order chi connectivity index (χ1) is 6.90. The predicted octanol–water partition coefficient (Wildman–Crippen LogP) is 2.83. The highest BCUT2D eigenvalue weighted by molar-refractivity contribution is 6.19. The molecule has 0 fully saturated rings. The Hall–Kier alpha value is -1.52. The Balaban J connectivity index is 2.51. The van der Waals surface area contributed by atoms with E-state index in [1.165, 1.54) is 0 Å². The van der Waals surface area contributed by atoms with Crippen LogP contribution in [-0.4, -0.2) is 10.9 Å². The summed E-state index contributed by atoms with van der Waals surface area (Å²) < 4.78 is 0. The third-order valence-electron chi connectivity index (χ3n) is 1.88. The first-order valence-corrected chi connectivity index (χ1v) is 4.84. The lowest BCUT2D eigenvalue weighted by Crippen LogP contribution is -1.83. The number of benzene rings is 1. The average Bonchev–Trinajstić information content (AvgIpc) is 2.26. The normalized spacial score (nSPS) is 9.50. The van der Waals surface area contributed by atoms with Gasteiger partial charge in [0, 0.05) is 5.39 Å². The molecule has 1 aromatic carbocycles. The fraction of sp³-hybridized carbons (Fsp3) is 0.0833. The Morgan fingerprint density at radius 2 is 2.00 bits per heavy atom. The van der Waals surface area contributed by atoms with Gasteiger partial charge in [0.05, 0.1) is 11.4 Å². The third-order valence-corrected chi connectivity index (χ3v) is 2.02. The first kappa shape index (κ1) is 9.05. The van der Waals surface area contributed by atoms with E-state index in [-0.39, 0.29) is 0 Å². The number of hydrogen-bond acceptors (Lipinski definition) is 1. The first-order valence-electron chi connectivity index (χ1n) is 4.31. The third kappa shape index (κ3) is 1.86. The number of rotatable bonds is 0. The van der Waals surface area contributed by atoms with Crippen molar-refractivity contribution in [3.05, 3.63) is 42.1 Å². The fourth-order valence-electron chi connectivity index (χ4n) is 1.26. The number of pyridine rings is 1. The minimum atomic E-state index is 0.342. The van der Waals surface area contributed by atoms with E-state index in [2.05, 4.69) is 16.8 Å². The molecule has 0 bridgehead atoms. The van der Waals surface area contributed by atoms with Gasteiger partial charge in [0.25, 0.3) is 0 Å². The molecular formula is C12H8ClN. The Morgan fingerprint density at radius 1 is 1.14 bits per heavy atom. The van der Waals surface area contributed by atoms with Gasteiger partial charge in [-0.25, -0.2) is 4.98 Å². The highest BCUT2D eigenvalue weighted by Gasteiger charge is 1.93. The van der Waals surface area contributed by atoms with Crippen molar-refractivity contribution in [3.63, 3.8) is 0 Å². The van der Waals surface area contributed by atoms with Crippen molar-refractivity contribution in [2.75, 3.05) is 5.88 Å². The summed E-state index contributed by atoms with van der Waals surface area (Å²) in [6.07, 6.45) is 0. The van der Waals surface area contributed by atoms with Crippen molar-refractivity contribution in [2.24, 2.45) is 0 Å². The highest BCUT2D eigenvalue weighted by Crippen LogP contribution is 2.10. The van der Waals surface area contributed by atoms with Gasteiger partial charge in [0.1, 0.15) is 5.69 Å². The fourth-order valence-corrected chi connectivity index (χ4v) is 1.33. The summed E-state index contributed by atoms with van der Waals surface area (Å²) in [5, 5.41) is 1.13. The van der Waals surface area contributed by atoms with E-state index in [1.807, 2.05) is 36.4 Å². The molecule has 1 aromatic heterocycles. The van der Waals surface area contributed by atoms with E-state index in [0.29, 0.717) is 5.88 Å². The van der Waals surface area contributed by atoms with Crippen LogP contribution in [-0.2, 0) is 0 Å². The molecule has 0 radical (unpaired) electrons. The summed E-state index contributed by atoms with van der Waals surface area (Å²) in [6, 6.07) is 11.9. The van der Waals surface area contributed by atoms with Gasteiger partial charge in [-0.3, -0.25) is 0 Å². The molecule has 0 spiro atoms. The van der Waals surface area contributed by atoms with Crippen LogP contribution in [0.1, 0.15) is 5.69 Å². The van der Waals surface area contributed by atoms with Crippen molar-refractivity contribution in [2.45, 2.75) is 0 Å². The van der Waals surface area contributed by atoms with Gasteiger partial charge in [-0.1, -0.05) is 30.2 Å². The van der Waals surface area contributed by atoms with Crippen LogP contribution in [0.25, 0.3) is 10.9 Å². The zero-order chi connectivity index (χ0) is 9.80. The number of hydrogen-bond donors (Lipinski definition) is 0. The molecule has 14 heavy (non-hydrogen) atoms. The van der Waals surface area contributed by atoms with Crippen LogP contribution in [0.3, 0.4) is 0 Å². The van der Waals surface area contributed by atoms with Crippen LogP contribution in [0.15, 0.2) is 36.4 Å². The molecule has 68 valence electrons. The van der Waals surface area contributed by atoms with Gasteiger partial charge in [0.2, 0.25) is 0 Å². The summed E-state index contributed by atoms with van der Waals surface area (Å²) in [5.41, 5.74) is 1.73. The van der Waals surface area contributed by atoms with E-state index in [9.17, 15) is 0 Å². The number of aromatic nitrogens is 1. The Labute approximate surface area is 87.7 Å². The van der Waals surface area contributed by atoms with Crippen molar-refractivity contribution >= 4 is 22.5 Å². The maximum atomic E-state index is 5.47. The van der Waals surface area contributed by atoms with Crippen LogP contribution < -0.4 is 0 Å². The van der Waals surface area contributed by atoms with Crippen LogP contribution in [0, 0.1) is 11.8 Å². The standard InChI is InChI=1S/C12H8ClN/c13-9-3-5-11-8-7-10-4-1-2-6-12(10)14-11/h1-2,4,6-8H,9H2. The maximum Gasteiger partial charge on any atom is 0.113 e. The van der Waals surface area contributed by atoms with E-state index in [4.69, 9.17) is 11.6 Å². The van der Waals surface area contributed by atoms with Gasteiger partial charge < -0.3 is 0 Å². The second-order valence-electron chi connectivity index (χ2n) is 2.82. The van der Waals surface area contributed by atoms with Crippen LogP contribution in [0.5, 0.6) is 0 Å². The summed E-state index contributed by atoms with van der Waals surface area (Å²) >= 11 is 5.47. The molecule has 0 saturated heterocycles. The average molecular weight is 202 g/mol. The smallest absolute Gasteiger partial charge is 0.113 e. The molecule has 0 aliphatic carbocycles. The van der Waals surface area contributed by atoms with Gasteiger partial charge in [-0.2, -0.15) is 0 Å². The van der Waals surface area contributed by atoms with E-state index in [0.717, 1.165) is 16.6 Å². The molecule has 0 amide bonds. The second kappa shape index (κ2) is 4.13. The molecular weight excluding hydrogens is 194 g/mol. The van der Waals surface area contributed by atoms with Crippen molar-refractivity contribution in [1.29, 1.82) is 0 Å². The van der Waals surface area contributed by atoms with Gasteiger partial charge in [0.15, 0.2) is 0 Å². The molecule has 2 aromatic rings. The minimum Gasteiger partial charge on any atom is -0.239 e. The van der Waals surface area contributed by atoms with Gasteiger partial charge in [-0.15, -0.1) is 11.6 Å². The second-order valence-corrected chi connectivity index (χ2v) is 3.09. The molecule has 0 N–H and O–H groups in total. The molecule has 0 saturated carbocycles. The van der Waals surface area contributed by atoms with E-state index in [1.54, 1.807) is 0 Å². The van der Waals surface area contributed by atoms with Crippen LogP contribution in [0.2, 0.25) is 0 Å². The van der Waals surface area contributed by atoms with Gasteiger partial charge in [-0.05, 0) is 18.1 Å². The molecule has 0 atom stereocenters. The molecule has 1 nitrogen and oxygen atoms in total. The SMILES string of the molecule is ClCC#Cc1ccc2ccccc2n1. The van der Waals surface area contributed by atoms with E-state index >= 15 is 0 Å². The zero-order valence-corrected chi connectivity index (χ0v) is 8.25. The number of fused-ring (bicyclic) bond motifs is 1. The van der Waals surface area contributed by atoms with E-state index < -0.39 is 0 Å². The van der Waals surface area contributed by atoms with Crippen molar-refractivity contribution < 1.29 is 0 Å². The minimum absolute atomic E-state index is 0.342. The molecule has 0 aliphatic heterocycles. The predicted molar refractivity (Wildman–Crippen MR) is 59.3 cm³/mol. The molecule has 2 heteroatoms. The quantitative estimate of drug-likeness (QED) is 0.472. The Morgan fingerprint density at radius 3 is 2.86 bits per heavy atom. The van der Waals surface area contributed by atoms with Crippen molar-refractivity contribution in [3.8, 4) is 11.8 Å². The topological polar surface area (TPSA) is 12.9 Å². The summed E-state index contributed by atoms with van der Waals surface area (Å²) in [7, 11) is 0. The number of nitrogens with zero attached hydrogens (tertiary/aromatic N) is 1. The number of halogens is 1. The zero-order valence-electron chi connectivity index (χ0n) is 7.50. The lowest BCUT2D eigenvalue weighted by Gasteiger charge is -1.95.